The van der Waals surface area contributed by atoms with Crippen molar-refractivity contribution >= 4 is 10.9 Å². The minimum absolute atomic E-state index is 0.00620. The third-order valence-corrected chi connectivity index (χ3v) is 1.96. The zero-order valence-corrected chi connectivity index (χ0v) is 6.94. The van der Waals surface area contributed by atoms with Crippen LogP contribution < -0.4 is 5.73 Å². The fraction of sp³-hybridized carbons (Fsp3) is 0.222. The summed E-state index contributed by atoms with van der Waals surface area (Å²) >= 11 is 0. The quantitative estimate of drug-likeness (QED) is 0.689. The fourth-order valence-electron chi connectivity index (χ4n) is 1.35. The third-order valence-electron chi connectivity index (χ3n) is 1.96. The first kappa shape index (κ1) is 7.31. The maximum absolute atomic E-state index is 5.76. The lowest BCUT2D eigenvalue weighted by Crippen LogP contribution is -2.12. The van der Waals surface area contributed by atoms with Gasteiger partial charge in [-0.15, -0.1) is 0 Å². The molecule has 0 amide bonds. The van der Waals surface area contributed by atoms with E-state index < -0.39 is 0 Å². The van der Waals surface area contributed by atoms with Gasteiger partial charge in [0.1, 0.15) is 0 Å². The Morgan fingerprint density at radius 1 is 1.50 bits per heavy atom. The second-order valence-electron chi connectivity index (χ2n) is 2.90. The minimum Gasteiger partial charge on any atom is -0.331 e. The maximum atomic E-state index is 5.76. The molecular weight excluding hydrogens is 150 g/mol. The van der Waals surface area contributed by atoms with Crippen LogP contribution in [0.25, 0.3) is 10.9 Å². The second-order valence-corrected chi connectivity index (χ2v) is 2.90. The Hall–Kier alpha value is -1.35. The smallest absolute Gasteiger partial charge is 0.0786 e. The Kier molecular flexibility index (Phi) is 1.59. The van der Waals surface area contributed by atoms with Crippen LogP contribution in [0.5, 0.6) is 0 Å². The van der Waals surface area contributed by atoms with Crippen molar-refractivity contribution in [1.29, 1.82) is 0 Å². The Labute approximate surface area is 70.8 Å². The lowest BCUT2D eigenvalue weighted by Gasteiger charge is -2.07. The van der Waals surface area contributed by atoms with Crippen LogP contribution in [0.15, 0.2) is 30.7 Å². The van der Waals surface area contributed by atoms with Gasteiger partial charge in [0.05, 0.1) is 17.9 Å². The van der Waals surface area contributed by atoms with Crippen LogP contribution in [0.3, 0.4) is 0 Å². The summed E-state index contributed by atoms with van der Waals surface area (Å²) in [6, 6.07) is 4.02. The highest BCUT2D eigenvalue weighted by molar-refractivity contribution is 5.78. The Bertz CT molecular complexity index is 389. The summed E-state index contributed by atoms with van der Waals surface area (Å²) < 4.78 is 2.00. The molecule has 0 saturated carbocycles. The van der Waals surface area contributed by atoms with E-state index in [9.17, 15) is 0 Å². The van der Waals surface area contributed by atoms with E-state index in [0.717, 1.165) is 5.52 Å². The monoisotopic (exact) mass is 161 g/mol. The molecule has 3 heteroatoms. The Balaban J connectivity index is 2.70. The number of nitrogens with two attached hydrogens (primary N) is 1. The van der Waals surface area contributed by atoms with Gasteiger partial charge in [-0.25, -0.2) is 0 Å². The predicted molar refractivity (Wildman–Crippen MR) is 48.6 cm³/mol. The molecule has 0 bridgehead atoms. The second kappa shape index (κ2) is 2.60. The molecule has 2 N–H and O–H groups in total. The van der Waals surface area contributed by atoms with Crippen LogP contribution >= 0.6 is 0 Å². The largest absolute Gasteiger partial charge is 0.331 e. The molecule has 0 radical (unpaired) electrons. The molecule has 62 valence electrons. The van der Waals surface area contributed by atoms with Crippen molar-refractivity contribution in [3.63, 3.8) is 0 Å². The standard InChI is InChI=1S/C9H11N3/c1-7(10)12-5-3-8-2-4-11-6-9(8)12/h2-7H,10H2,1H3. The van der Waals surface area contributed by atoms with Crippen molar-refractivity contribution in [2.45, 2.75) is 13.1 Å². The molecule has 0 aromatic carbocycles. The van der Waals surface area contributed by atoms with Gasteiger partial charge in [-0.05, 0) is 19.1 Å². The van der Waals surface area contributed by atoms with E-state index >= 15 is 0 Å². The molecule has 12 heavy (non-hydrogen) atoms. The van der Waals surface area contributed by atoms with Gasteiger partial charge in [0, 0.05) is 17.8 Å². The van der Waals surface area contributed by atoms with Crippen LogP contribution in [0.2, 0.25) is 0 Å². The zero-order chi connectivity index (χ0) is 8.55. The molecule has 2 rings (SSSR count). The van der Waals surface area contributed by atoms with Crippen molar-refractivity contribution < 1.29 is 0 Å². The van der Waals surface area contributed by atoms with Crippen LogP contribution in [0.4, 0.5) is 0 Å². The number of nitrogens with zero attached hydrogens (tertiary/aromatic N) is 2. The molecule has 2 aromatic heterocycles. The lowest BCUT2D eigenvalue weighted by atomic mass is 10.3. The molecule has 1 atom stereocenters. The molecule has 0 spiro atoms. The van der Waals surface area contributed by atoms with Crippen LogP contribution in [-0.4, -0.2) is 9.55 Å². The van der Waals surface area contributed by atoms with E-state index in [4.69, 9.17) is 5.73 Å². The molecule has 1 unspecified atom stereocenters. The average Bonchev–Trinajstić information content (AvgIpc) is 2.47. The summed E-state index contributed by atoms with van der Waals surface area (Å²) in [4.78, 5) is 4.05. The van der Waals surface area contributed by atoms with Gasteiger partial charge in [-0.3, -0.25) is 4.98 Å². The number of rotatable bonds is 1. The van der Waals surface area contributed by atoms with E-state index in [-0.39, 0.29) is 6.17 Å². The molecule has 2 heterocycles. The van der Waals surface area contributed by atoms with E-state index in [1.807, 2.05) is 36.0 Å². The first-order valence-corrected chi connectivity index (χ1v) is 3.95. The average molecular weight is 161 g/mol. The van der Waals surface area contributed by atoms with E-state index in [1.165, 1.54) is 5.39 Å². The molecule has 0 aliphatic heterocycles. The van der Waals surface area contributed by atoms with Gasteiger partial charge in [0.15, 0.2) is 0 Å². The number of pyridine rings is 1. The number of aromatic nitrogens is 2. The normalized spacial score (nSPS) is 13.5. The predicted octanol–water partition coefficient (Wildman–Crippen LogP) is 1.51. The fourth-order valence-corrected chi connectivity index (χ4v) is 1.35. The highest BCUT2D eigenvalue weighted by Gasteiger charge is 2.02. The van der Waals surface area contributed by atoms with Crippen molar-refractivity contribution in [2.24, 2.45) is 5.73 Å². The molecule has 0 fully saturated rings. The highest BCUT2D eigenvalue weighted by Crippen LogP contribution is 2.15. The Morgan fingerprint density at radius 2 is 2.33 bits per heavy atom. The summed E-state index contributed by atoms with van der Waals surface area (Å²) in [5.41, 5.74) is 6.85. The molecule has 0 saturated heterocycles. The van der Waals surface area contributed by atoms with Gasteiger partial charge in [0.2, 0.25) is 0 Å². The third kappa shape index (κ3) is 0.987. The van der Waals surface area contributed by atoms with Crippen molar-refractivity contribution in [2.75, 3.05) is 0 Å². The molecule has 3 nitrogen and oxygen atoms in total. The van der Waals surface area contributed by atoms with Crippen LogP contribution in [-0.2, 0) is 0 Å². The van der Waals surface area contributed by atoms with Gasteiger partial charge in [-0.2, -0.15) is 0 Å². The van der Waals surface area contributed by atoms with Crippen molar-refractivity contribution in [3.05, 3.63) is 30.7 Å². The van der Waals surface area contributed by atoms with E-state index in [2.05, 4.69) is 4.98 Å². The molecule has 0 aliphatic carbocycles. The highest BCUT2D eigenvalue weighted by atomic mass is 15.1. The summed E-state index contributed by atoms with van der Waals surface area (Å²) in [5.74, 6) is 0. The number of hydrogen-bond donors (Lipinski definition) is 1. The zero-order valence-electron chi connectivity index (χ0n) is 6.94. The number of hydrogen-bond acceptors (Lipinski definition) is 2. The van der Waals surface area contributed by atoms with E-state index in [1.54, 1.807) is 6.20 Å². The molecule has 0 aliphatic rings. The van der Waals surface area contributed by atoms with Gasteiger partial charge in [0.25, 0.3) is 0 Å². The maximum Gasteiger partial charge on any atom is 0.0786 e. The summed E-state index contributed by atoms with van der Waals surface area (Å²) in [6.45, 7) is 1.95. The molecular formula is C9H11N3. The lowest BCUT2D eigenvalue weighted by molar-refractivity contribution is 0.592. The Morgan fingerprint density at radius 3 is 3.08 bits per heavy atom. The number of fused-ring (bicyclic) bond motifs is 1. The van der Waals surface area contributed by atoms with E-state index in [0.29, 0.717) is 0 Å². The summed E-state index contributed by atoms with van der Waals surface area (Å²) in [6.07, 6.45) is 5.61. The summed E-state index contributed by atoms with van der Waals surface area (Å²) in [7, 11) is 0. The van der Waals surface area contributed by atoms with Gasteiger partial charge < -0.3 is 10.3 Å². The van der Waals surface area contributed by atoms with Crippen LogP contribution in [0, 0.1) is 0 Å². The molecule has 2 aromatic rings. The SMILES string of the molecule is CC(N)n1ccc2ccncc21. The van der Waals surface area contributed by atoms with Gasteiger partial charge in [-0.1, -0.05) is 0 Å². The first-order chi connectivity index (χ1) is 5.79. The van der Waals surface area contributed by atoms with Gasteiger partial charge >= 0.3 is 0 Å². The van der Waals surface area contributed by atoms with Crippen molar-refractivity contribution in [1.82, 2.24) is 9.55 Å². The first-order valence-electron chi connectivity index (χ1n) is 3.95. The summed E-state index contributed by atoms with van der Waals surface area (Å²) in [5, 5.41) is 1.18. The van der Waals surface area contributed by atoms with Crippen LogP contribution in [0.1, 0.15) is 13.1 Å². The minimum atomic E-state index is 0.00620. The topological polar surface area (TPSA) is 43.8 Å². The van der Waals surface area contributed by atoms with Crippen molar-refractivity contribution in [3.8, 4) is 0 Å².